The van der Waals surface area contributed by atoms with Crippen LogP contribution in [-0.4, -0.2) is 68.1 Å². The van der Waals surface area contributed by atoms with Crippen molar-refractivity contribution in [3.05, 3.63) is 35.9 Å². The van der Waals surface area contributed by atoms with Crippen molar-refractivity contribution in [3.63, 3.8) is 0 Å². The lowest BCUT2D eigenvalue weighted by Crippen LogP contribution is -2.49. The van der Waals surface area contributed by atoms with E-state index in [4.69, 9.17) is 4.99 Å². The van der Waals surface area contributed by atoms with E-state index >= 15 is 0 Å². The molecule has 1 aromatic carbocycles. The van der Waals surface area contributed by atoms with E-state index in [0.717, 1.165) is 32.1 Å². The highest BCUT2D eigenvalue weighted by molar-refractivity contribution is 14.0. The summed E-state index contributed by atoms with van der Waals surface area (Å²) in [6.45, 7) is 11.0. The van der Waals surface area contributed by atoms with E-state index in [2.05, 4.69) is 71.7 Å². The van der Waals surface area contributed by atoms with E-state index in [1.54, 1.807) is 0 Å². The van der Waals surface area contributed by atoms with Gasteiger partial charge in [-0.25, -0.2) is 0 Å². The number of rotatable bonds is 6. The smallest absolute Gasteiger partial charge is 0.191 e. The number of nitrogens with zero attached hydrogens (tertiary/aromatic N) is 3. The first-order chi connectivity index (χ1) is 13.7. The quantitative estimate of drug-likeness (QED) is 0.346. The molecule has 0 aliphatic carbocycles. The van der Waals surface area contributed by atoms with Crippen molar-refractivity contribution in [1.29, 1.82) is 0 Å². The molecule has 0 spiro atoms. The summed E-state index contributed by atoms with van der Waals surface area (Å²) in [5.74, 6) is 1.70. The first-order valence-corrected chi connectivity index (χ1v) is 11.2. The molecular formula is C23H40IN5. The van der Waals surface area contributed by atoms with Crippen molar-refractivity contribution in [1.82, 2.24) is 20.4 Å². The second-order valence-corrected chi connectivity index (χ2v) is 8.53. The highest BCUT2D eigenvalue weighted by atomic mass is 127. The van der Waals surface area contributed by atoms with Crippen LogP contribution in [0.3, 0.4) is 0 Å². The summed E-state index contributed by atoms with van der Waals surface area (Å²) in [6, 6.07) is 11.9. The Hall–Kier alpha value is -0.860. The second-order valence-electron chi connectivity index (χ2n) is 8.53. The minimum atomic E-state index is 0. The van der Waals surface area contributed by atoms with E-state index in [0.29, 0.717) is 18.0 Å². The number of benzene rings is 1. The molecule has 2 aliphatic rings. The molecule has 6 heteroatoms. The molecule has 0 amide bonds. The average molecular weight is 514 g/mol. The number of nitrogens with one attached hydrogen (secondary N) is 2. The van der Waals surface area contributed by atoms with Gasteiger partial charge in [0.05, 0.1) is 0 Å². The second kappa shape index (κ2) is 12.7. The number of hydrogen-bond acceptors (Lipinski definition) is 3. The Balaban J connectivity index is 0.00000300. The number of guanidine groups is 1. The standard InChI is InChI=1S/C23H39N5.HI/c1-4-24-23(25-17-20-9-8-14-27(3)18-20)26-22-12-15-28(16-13-22)19(2)21-10-6-5-7-11-21;/h5-7,10-11,19-20,22H,4,8-9,12-18H2,1-3H3,(H2,24,25,26);1H. The monoisotopic (exact) mass is 513 g/mol. The lowest BCUT2D eigenvalue weighted by Gasteiger charge is -2.37. The third-order valence-electron chi connectivity index (χ3n) is 6.27. The minimum Gasteiger partial charge on any atom is -0.357 e. The largest absolute Gasteiger partial charge is 0.357 e. The van der Waals surface area contributed by atoms with Crippen LogP contribution in [0.5, 0.6) is 0 Å². The van der Waals surface area contributed by atoms with Crippen molar-refractivity contribution in [2.24, 2.45) is 10.9 Å². The van der Waals surface area contributed by atoms with Gasteiger partial charge in [0.15, 0.2) is 5.96 Å². The fraction of sp³-hybridized carbons (Fsp3) is 0.696. The molecule has 2 aliphatic heterocycles. The van der Waals surface area contributed by atoms with Crippen LogP contribution in [0.25, 0.3) is 0 Å². The summed E-state index contributed by atoms with van der Waals surface area (Å²) in [7, 11) is 2.23. The summed E-state index contributed by atoms with van der Waals surface area (Å²) in [5, 5.41) is 7.16. The zero-order valence-corrected chi connectivity index (χ0v) is 20.8. The number of aliphatic imine (C=N–C) groups is 1. The van der Waals surface area contributed by atoms with Gasteiger partial charge in [0.25, 0.3) is 0 Å². The molecule has 2 N–H and O–H groups in total. The van der Waals surface area contributed by atoms with E-state index in [9.17, 15) is 0 Å². The van der Waals surface area contributed by atoms with E-state index < -0.39 is 0 Å². The fourth-order valence-corrected chi connectivity index (χ4v) is 4.53. The minimum absolute atomic E-state index is 0. The molecule has 0 radical (unpaired) electrons. The Kier molecular flexibility index (Phi) is 10.7. The molecule has 1 aromatic rings. The number of hydrogen-bond donors (Lipinski definition) is 2. The fourth-order valence-electron chi connectivity index (χ4n) is 4.53. The van der Waals surface area contributed by atoms with Crippen molar-refractivity contribution >= 4 is 29.9 Å². The van der Waals surface area contributed by atoms with Gasteiger partial charge in [-0.2, -0.15) is 0 Å². The number of piperidine rings is 2. The Bertz CT molecular complexity index is 601. The topological polar surface area (TPSA) is 42.9 Å². The molecule has 2 saturated heterocycles. The highest BCUT2D eigenvalue weighted by Crippen LogP contribution is 2.24. The van der Waals surface area contributed by atoms with Gasteiger partial charge in [0.2, 0.25) is 0 Å². The molecule has 0 bridgehead atoms. The molecule has 2 heterocycles. The number of halogens is 1. The van der Waals surface area contributed by atoms with Gasteiger partial charge >= 0.3 is 0 Å². The lowest BCUT2D eigenvalue weighted by atomic mass is 9.99. The van der Waals surface area contributed by atoms with Crippen molar-refractivity contribution in [2.75, 3.05) is 46.3 Å². The number of likely N-dealkylation sites (tertiary alicyclic amines) is 2. The van der Waals surface area contributed by atoms with Crippen LogP contribution < -0.4 is 10.6 Å². The maximum atomic E-state index is 4.92. The van der Waals surface area contributed by atoms with Gasteiger partial charge in [0, 0.05) is 44.8 Å². The van der Waals surface area contributed by atoms with Gasteiger partial charge < -0.3 is 15.5 Å². The molecule has 2 atom stereocenters. The van der Waals surface area contributed by atoms with Gasteiger partial charge in [-0.05, 0) is 64.6 Å². The average Bonchev–Trinajstić information content (AvgIpc) is 2.73. The lowest BCUT2D eigenvalue weighted by molar-refractivity contribution is 0.158. The zero-order chi connectivity index (χ0) is 19.8. The van der Waals surface area contributed by atoms with Crippen molar-refractivity contribution in [2.45, 2.75) is 51.6 Å². The maximum absolute atomic E-state index is 4.92. The first-order valence-electron chi connectivity index (χ1n) is 11.2. The third-order valence-corrected chi connectivity index (χ3v) is 6.27. The Morgan fingerprint density at radius 2 is 1.86 bits per heavy atom. The van der Waals surface area contributed by atoms with E-state index in [1.807, 2.05) is 0 Å². The SMILES string of the molecule is CCNC(=NCC1CCCN(C)C1)NC1CCN(C(C)c2ccccc2)CC1.I. The Morgan fingerprint density at radius 1 is 1.14 bits per heavy atom. The van der Waals surface area contributed by atoms with Crippen LogP contribution in [0.15, 0.2) is 35.3 Å². The molecular weight excluding hydrogens is 473 g/mol. The van der Waals surface area contributed by atoms with Crippen LogP contribution in [-0.2, 0) is 0 Å². The van der Waals surface area contributed by atoms with Crippen LogP contribution in [0.4, 0.5) is 0 Å². The summed E-state index contributed by atoms with van der Waals surface area (Å²) in [5.41, 5.74) is 1.42. The molecule has 29 heavy (non-hydrogen) atoms. The summed E-state index contributed by atoms with van der Waals surface area (Å²) in [4.78, 5) is 9.97. The molecule has 0 saturated carbocycles. The normalized spacial score (nSPS) is 23.3. The van der Waals surface area contributed by atoms with Gasteiger partial charge in [-0.1, -0.05) is 30.3 Å². The molecule has 5 nitrogen and oxygen atoms in total. The van der Waals surface area contributed by atoms with E-state index in [-0.39, 0.29) is 24.0 Å². The Morgan fingerprint density at radius 3 is 2.52 bits per heavy atom. The molecule has 2 fully saturated rings. The maximum Gasteiger partial charge on any atom is 0.191 e. The summed E-state index contributed by atoms with van der Waals surface area (Å²) >= 11 is 0. The van der Waals surface area contributed by atoms with Crippen molar-refractivity contribution < 1.29 is 0 Å². The highest BCUT2D eigenvalue weighted by Gasteiger charge is 2.24. The molecule has 2 unspecified atom stereocenters. The van der Waals surface area contributed by atoms with Crippen LogP contribution in [0.2, 0.25) is 0 Å². The Labute approximate surface area is 194 Å². The van der Waals surface area contributed by atoms with Gasteiger partial charge in [0.1, 0.15) is 0 Å². The zero-order valence-electron chi connectivity index (χ0n) is 18.4. The molecule has 0 aromatic heterocycles. The van der Waals surface area contributed by atoms with Crippen LogP contribution in [0.1, 0.15) is 51.1 Å². The van der Waals surface area contributed by atoms with Crippen LogP contribution >= 0.6 is 24.0 Å². The van der Waals surface area contributed by atoms with E-state index in [1.165, 1.54) is 44.3 Å². The van der Waals surface area contributed by atoms with Gasteiger partial charge in [-0.15, -0.1) is 24.0 Å². The predicted octanol–water partition coefficient (Wildman–Crippen LogP) is 3.73. The molecule has 3 rings (SSSR count). The predicted molar refractivity (Wildman–Crippen MR) is 134 cm³/mol. The summed E-state index contributed by atoms with van der Waals surface area (Å²) in [6.07, 6.45) is 4.96. The third kappa shape index (κ3) is 7.72. The van der Waals surface area contributed by atoms with Crippen molar-refractivity contribution in [3.8, 4) is 0 Å². The van der Waals surface area contributed by atoms with Crippen LogP contribution in [0, 0.1) is 5.92 Å². The van der Waals surface area contributed by atoms with Gasteiger partial charge in [-0.3, -0.25) is 9.89 Å². The summed E-state index contributed by atoms with van der Waals surface area (Å²) < 4.78 is 0. The molecule has 164 valence electrons. The first kappa shape index (κ1) is 24.4.